The van der Waals surface area contributed by atoms with Crippen molar-refractivity contribution in [2.75, 3.05) is 7.11 Å². The van der Waals surface area contributed by atoms with Gasteiger partial charge < -0.3 is 10.1 Å². The van der Waals surface area contributed by atoms with Crippen LogP contribution < -0.4 is 5.32 Å². The third-order valence-electron chi connectivity index (χ3n) is 5.00. The average molecular weight is 275 g/mol. The largest absolute Gasteiger partial charge is 0.381 e. The Kier molecular flexibility index (Phi) is 3.24. The summed E-state index contributed by atoms with van der Waals surface area (Å²) in [5.74, 6) is 0.630. The summed E-state index contributed by atoms with van der Waals surface area (Å²) in [6.07, 6.45) is 6.37. The van der Waals surface area contributed by atoms with Crippen molar-refractivity contribution >= 4 is 5.91 Å². The zero-order valence-electron chi connectivity index (χ0n) is 12.3. The molecule has 2 atom stereocenters. The van der Waals surface area contributed by atoms with E-state index in [0.29, 0.717) is 17.5 Å². The number of hydrogen-bond acceptors (Lipinski definition) is 4. The first kappa shape index (κ1) is 13.5. The van der Waals surface area contributed by atoms with Crippen LogP contribution in [-0.4, -0.2) is 35.1 Å². The van der Waals surface area contributed by atoms with Crippen LogP contribution in [0.1, 0.15) is 47.6 Å². The van der Waals surface area contributed by atoms with E-state index in [1.165, 1.54) is 6.42 Å². The lowest BCUT2D eigenvalue weighted by atomic mass is 9.51. The molecular weight excluding hydrogens is 254 g/mol. The van der Waals surface area contributed by atoms with Gasteiger partial charge in [-0.3, -0.25) is 4.79 Å². The van der Waals surface area contributed by atoms with Crippen molar-refractivity contribution in [3.63, 3.8) is 0 Å². The first-order chi connectivity index (χ1) is 9.56. The van der Waals surface area contributed by atoms with Crippen molar-refractivity contribution < 1.29 is 9.53 Å². The summed E-state index contributed by atoms with van der Waals surface area (Å²) >= 11 is 0. The Morgan fingerprint density at radius 2 is 2.20 bits per heavy atom. The predicted octanol–water partition coefficient (Wildman–Crippen LogP) is 1.78. The molecule has 1 heterocycles. The lowest BCUT2D eigenvalue weighted by molar-refractivity contribution is -0.158. The van der Waals surface area contributed by atoms with E-state index in [0.717, 1.165) is 25.0 Å². The Balaban J connectivity index is 1.71. The van der Waals surface area contributed by atoms with Crippen LogP contribution in [-0.2, 0) is 4.74 Å². The number of amides is 1. The van der Waals surface area contributed by atoms with Gasteiger partial charge in [-0.05, 0) is 33.1 Å². The summed E-state index contributed by atoms with van der Waals surface area (Å²) in [6.45, 7) is 3.68. The normalized spacial score (nSPS) is 26.8. The molecule has 0 bridgehead atoms. The Morgan fingerprint density at radius 3 is 2.75 bits per heavy atom. The van der Waals surface area contributed by atoms with Gasteiger partial charge in [-0.2, -0.15) is 0 Å². The van der Waals surface area contributed by atoms with E-state index in [4.69, 9.17) is 4.74 Å². The number of carbonyl (C=O) groups excluding carboxylic acids is 1. The van der Waals surface area contributed by atoms with Crippen LogP contribution in [0.4, 0.5) is 0 Å². The smallest absolute Gasteiger partial charge is 0.254 e. The van der Waals surface area contributed by atoms with E-state index in [1.807, 2.05) is 13.8 Å². The highest BCUT2D eigenvalue weighted by Crippen LogP contribution is 2.57. The van der Waals surface area contributed by atoms with Gasteiger partial charge in [0.15, 0.2) is 0 Å². The first-order valence-corrected chi connectivity index (χ1v) is 7.21. The molecule has 2 fully saturated rings. The van der Waals surface area contributed by atoms with E-state index in [2.05, 4.69) is 15.3 Å². The van der Waals surface area contributed by atoms with Crippen LogP contribution in [0.3, 0.4) is 0 Å². The Labute approximate surface area is 119 Å². The molecule has 3 rings (SSSR count). The summed E-state index contributed by atoms with van der Waals surface area (Å²) < 4.78 is 5.52. The zero-order chi connectivity index (χ0) is 14.3. The van der Waals surface area contributed by atoms with Crippen LogP contribution in [0.15, 0.2) is 6.20 Å². The molecule has 1 aromatic rings. The molecule has 0 saturated heterocycles. The monoisotopic (exact) mass is 275 g/mol. The SMILES string of the molecule is COC1CC(NC(=O)c2cnc(C)nc2C)C12CCC2. The summed E-state index contributed by atoms with van der Waals surface area (Å²) in [6, 6.07) is 0.231. The van der Waals surface area contributed by atoms with E-state index < -0.39 is 0 Å². The Bertz CT molecular complexity index is 540. The van der Waals surface area contributed by atoms with Crippen molar-refractivity contribution in [1.82, 2.24) is 15.3 Å². The van der Waals surface area contributed by atoms with Gasteiger partial charge in [-0.15, -0.1) is 0 Å². The molecule has 1 spiro atoms. The molecule has 0 radical (unpaired) electrons. The van der Waals surface area contributed by atoms with Gasteiger partial charge in [0.05, 0.1) is 17.4 Å². The quantitative estimate of drug-likeness (QED) is 0.913. The van der Waals surface area contributed by atoms with Gasteiger partial charge in [-0.1, -0.05) is 6.42 Å². The third-order valence-corrected chi connectivity index (χ3v) is 5.00. The van der Waals surface area contributed by atoms with Gasteiger partial charge in [0.1, 0.15) is 5.82 Å². The highest BCUT2D eigenvalue weighted by molar-refractivity contribution is 5.95. The number of nitrogens with zero attached hydrogens (tertiary/aromatic N) is 2. The summed E-state index contributed by atoms with van der Waals surface area (Å²) in [5.41, 5.74) is 1.50. The highest BCUT2D eigenvalue weighted by atomic mass is 16.5. The maximum absolute atomic E-state index is 12.4. The van der Waals surface area contributed by atoms with Crippen molar-refractivity contribution in [3.8, 4) is 0 Å². The standard InChI is InChI=1S/C15H21N3O2/c1-9-11(8-16-10(2)17-9)14(19)18-12-7-13(20-3)15(12)5-4-6-15/h8,12-13H,4-7H2,1-3H3,(H,18,19). The topological polar surface area (TPSA) is 64.1 Å². The van der Waals surface area contributed by atoms with E-state index in [-0.39, 0.29) is 17.4 Å². The molecule has 2 aliphatic rings. The molecule has 2 unspecified atom stereocenters. The second-order valence-electron chi connectivity index (χ2n) is 5.99. The first-order valence-electron chi connectivity index (χ1n) is 7.21. The van der Waals surface area contributed by atoms with Crippen LogP contribution in [0, 0.1) is 19.3 Å². The van der Waals surface area contributed by atoms with E-state index in [9.17, 15) is 4.79 Å². The Hall–Kier alpha value is -1.49. The molecule has 0 aromatic carbocycles. The van der Waals surface area contributed by atoms with Gasteiger partial charge >= 0.3 is 0 Å². The number of ether oxygens (including phenoxy) is 1. The zero-order valence-corrected chi connectivity index (χ0v) is 12.3. The minimum atomic E-state index is -0.0617. The molecule has 0 aliphatic heterocycles. The molecule has 2 saturated carbocycles. The maximum Gasteiger partial charge on any atom is 0.254 e. The second kappa shape index (κ2) is 4.81. The molecule has 1 aromatic heterocycles. The molecular formula is C15H21N3O2. The van der Waals surface area contributed by atoms with E-state index >= 15 is 0 Å². The summed E-state index contributed by atoms with van der Waals surface area (Å²) in [4.78, 5) is 20.7. The Morgan fingerprint density at radius 1 is 1.45 bits per heavy atom. The van der Waals surface area contributed by atoms with Gasteiger partial charge in [0.25, 0.3) is 5.91 Å². The van der Waals surface area contributed by atoms with Crippen LogP contribution in [0.25, 0.3) is 0 Å². The summed E-state index contributed by atoms with van der Waals surface area (Å²) in [5, 5.41) is 3.15. The van der Waals surface area contributed by atoms with Crippen molar-refractivity contribution in [3.05, 3.63) is 23.3 Å². The lowest BCUT2D eigenvalue weighted by Gasteiger charge is -2.60. The minimum Gasteiger partial charge on any atom is -0.381 e. The molecule has 108 valence electrons. The average Bonchev–Trinajstić information content (AvgIpc) is 2.31. The fourth-order valence-electron chi connectivity index (χ4n) is 3.58. The maximum atomic E-state index is 12.4. The van der Waals surface area contributed by atoms with Crippen LogP contribution in [0.2, 0.25) is 0 Å². The van der Waals surface area contributed by atoms with Crippen molar-refractivity contribution in [2.24, 2.45) is 5.41 Å². The molecule has 1 N–H and O–H groups in total. The number of methoxy groups -OCH3 is 1. The predicted molar refractivity (Wildman–Crippen MR) is 74.5 cm³/mol. The van der Waals surface area contributed by atoms with E-state index in [1.54, 1.807) is 13.3 Å². The summed E-state index contributed by atoms with van der Waals surface area (Å²) in [7, 11) is 1.76. The molecule has 2 aliphatic carbocycles. The third kappa shape index (κ3) is 1.92. The number of nitrogens with one attached hydrogen (secondary N) is 1. The van der Waals surface area contributed by atoms with Crippen molar-refractivity contribution in [2.45, 2.75) is 51.7 Å². The van der Waals surface area contributed by atoms with Crippen molar-refractivity contribution in [1.29, 1.82) is 0 Å². The number of aryl methyl sites for hydroxylation is 2. The minimum absolute atomic E-state index is 0.0617. The number of aromatic nitrogens is 2. The fourth-order valence-corrected chi connectivity index (χ4v) is 3.58. The number of hydrogen-bond donors (Lipinski definition) is 1. The molecule has 5 heteroatoms. The van der Waals surface area contributed by atoms with Crippen LogP contribution >= 0.6 is 0 Å². The molecule has 1 amide bonds. The molecule has 20 heavy (non-hydrogen) atoms. The number of rotatable bonds is 3. The van der Waals surface area contributed by atoms with Crippen LogP contribution in [0.5, 0.6) is 0 Å². The fraction of sp³-hybridized carbons (Fsp3) is 0.667. The highest BCUT2D eigenvalue weighted by Gasteiger charge is 2.59. The molecule has 5 nitrogen and oxygen atoms in total. The lowest BCUT2D eigenvalue weighted by Crippen LogP contribution is -2.67. The number of carbonyl (C=O) groups is 1. The second-order valence-corrected chi connectivity index (χ2v) is 5.99. The van der Waals surface area contributed by atoms with Gasteiger partial charge in [0, 0.05) is 24.8 Å². The van der Waals surface area contributed by atoms with Gasteiger partial charge in [-0.25, -0.2) is 9.97 Å². The van der Waals surface area contributed by atoms with Gasteiger partial charge in [0.2, 0.25) is 0 Å².